The van der Waals surface area contributed by atoms with Crippen LogP contribution in [0.5, 0.6) is 0 Å². The fraction of sp³-hybridized carbons (Fsp3) is 0. The molecule has 0 unspecified atom stereocenters. The highest BCUT2D eigenvalue weighted by atomic mass is 15.2. The average molecular weight is 510 g/mol. The van der Waals surface area contributed by atoms with Crippen LogP contribution >= 0.6 is 0 Å². The summed E-state index contributed by atoms with van der Waals surface area (Å²) >= 11 is 0. The van der Waals surface area contributed by atoms with E-state index >= 15 is 0 Å². The van der Waals surface area contributed by atoms with E-state index in [1.807, 2.05) is 18.3 Å². The molecule has 5 aromatic heterocycles. The van der Waals surface area contributed by atoms with Crippen LogP contribution < -0.4 is 0 Å². The molecule has 0 aliphatic heterocycles. The lowest BCUT2D eigenvalue weighted by atomic mass is 10.0. The van der Waals surface area contributed by atoms with Gasteiger partial charge in [0, 0.05) is 50.1 Å². The molecular formula is C35H19N5. The Labute approximate surface area is 226 Å². The lowest BCUT2D eigenvalue weighted by molar-refractivity contribution is 1.00. The predicted molar refractivity (Wildman–Crippen MR) is 164 cm³/mol. The Morgan fingerprint density at radius 3 is 2.08 bits per heavy atom. The van der Waals surface area contributed by atoms with Crippen molar-refractivity contribution in [3.8, 4) is 5.95 Å². The summed E-state index contributed by atoms with van der Waals surface area (Å²) in [5, 5.41) is 10.7. The van der Waals surface area contributed by atoms with Crippen molar-refractivity contribution in [2.24, 2.45) is 0 Å². The average Bonchev–Trinajstić information content (AvgIpc) is 3.64. The lowest BCUT2D eigenvalue weighted by Crippen LogP contribution is -2.02. The number of pyridine rings is 1. The molecule has 5 heteroatoms. The molecule has 0 spiro atoms. The van der Waals surface area contributed by atoms with E-state index in [0.29, 0.717) is 11.6 Å². The van der Waals surface area contributed by atoms with Gasteiger partial charge in [-0.05, 0) is 53.2 Å². The highest BCUT2D eigenvalue weighted by Gasteiger charge is 2.25. The molecule has 5 aromatic carbocycles. The maximum absolute atomic E-state index is 5.00. The number of nitrogens with zero attached hydrogens (tertiary/aromatic N) is 5. The third-order valence-electron chi connectivity index (χ3n) is 8.51. The third kappa shape index (κ3) is 2.41. The molecule has 0 N–H and O–H groups in total. The molecule has 0 fully saturated rings. The molecule has 0 atom stereocenters. The van der Waals surface area contributed by atoms with Crippen LogP contribution in [-0.2, 0) is 0 Å². The first kappa shape index (κ1) is 20.4. The second-order valence-electron chi connectivity index (χ2n) is 10.6. The minimum absolute atomic E-state index is 0.629. The van der Waals surface area contributed by atoms with Crippen LogP contribution in [0, 0.1) is 0 Å². The van der Waals surface area contributed by atoms with Crippen LogP contribution in [0.15, 0.2) is 116 Å². The quantitative estimate of drug-likeness (QED) is 0.223. The van der Waals surface area contributed by atoms with Crippen LogP contribution in [0.1, 0.15) is 0 Å². The standard InChI is InChI=1S/C35H19N5/c1-2-9-21-17-30-25(16-20(21)8-1)27-18-26-23-11-3-5-13-28(23)39-29-14-6-4-12-24(29)31(32(26)39)33(27)40(30)35-37-19-22-10-7-15-36-34(22)38-35/h1-19H. The zero-order valence-electron chi connectivity index (χ0n) is 21.2. The molecule has 0 bridgehead atoms. The summed E-state index contributed by atoms with van der Waals surface area (Å²) in [5.41, 5.74) is 6.58. The molecule has 0 saturated heterocycles. The van der Waals surface area contributed by atoms with E-state index in [1.54, 1.807) is 6.20 Å². The van der Waals surface area contributed by atoms with Gasteiger partial charge >= 0.3 is 0 Å². The van der Waals surface area contributed by atoms with Crippen molar-refractivity contribution in [3.05, 3.63) is 116 Å². The molecule has 0 aliphatic carbocycles. The smallest absolute Gasteiger partial charge is 0.236 e. The van der Waals surface area contributed by atoms with E-state index in [-0.39, 0.29) is 0 Å². The molecule has 184 valence electrons. The van der Waals surface area contributed by atoms with Crippen molar-refractivity contribution in [1.82, 2.24) is 23.9 Å². The largest absolute Gasteiger partial charge is 0.308 e. The lowest BCUT2D eigenvalue weighted by Gasteiger charge is -2.08. The minimum Gasteiger partial charge on any atom is -0.308 e. The molecular weight excluding hydrogens is 490 g/mol. The van der Waals surface area contributed by atoms with Crippen LogP contribution in [0.3, 0.4) is 0 Å². The molecule has 10 rings (SSSR count). The van der Waals surface area contributed by atoms with Gasteiger partial charge in [0.2, 0.25) is 5.95 Å². The van der Waals surface area contributed by atoms with Gasteiger partial charge in [0.25, 0.3) is 0 Å². The number of aromatic nitrogens is 5. The zero-order chi connectivity index (χ0) is 25.9. The van der Waals surface area contributed by atoms with Crippen LogP contribution in [0.4, 0.5) is 0 Å². The van der Waals surface area contributed by atoms with Gasteiger partial charge in [0.05, 0.1) is 27.6 Å². The van der Waals surface area contributed by atoms with Gasteiger partial charge in [0.15, 0.2) is 5.65 Å². The number of rotatable bonds is 1. The molecule has 40 heavy (non-hydrogen) atoms. The number of fused-ring (bicyclic) bond motifs is 12. The van der Waals surface area contributed by atoms with Crippen molar-refractivity contribution < 1.29 is 0 Å². The summed E-state index contributed by atoms with van der Waals surface area (Å²) in [6.07, 6.45) is 3.67. The maximum Gasteiger partial charge on any atom is 0.236 e. The summed E-state index contributed by atoms with van der Waals surface area (Å²) in [4.78, 5) is 14.5. The number of hydrogen-bond acceptors (Lipinski definition) is 3. The first-order valence-corrected chi connectivity index (χ1v) is 13.5. The monoisotopic (exact) mass is 509 g/mol. The number of hydrogen-bond donors (Lipinski definition) is 0. The Balaban J connectivity index is 1.53. The Kier molecular flexibility index (Phi) is 3.62. The van der Waals surface area contributed by atoms with Crippen LogP contribution in [0.2, 0.25) is 0 Å². The number of para-hydroxylation sites is 2. The topological polar surface area (TPSA) is 48.0 Å². The van der Waals surface area contributed by atoms with E-state index in [0.717, 1.165) is 16.4 Å². The Morgan fingerprint density at radius 2 is 1.20 bits per heavy atom. The van der Waals surface area contributed by atoms with Crippen molar-refractivity contribution in [3.63, 3.8) is 0 Å². The first-order chi connectivity index (χ1) is 19.8. The van der Waals surface area contributed by atoms with Gasteiger partial charge in [0.1, 0.15) is 0 Å². The van der Waals surface area contributed by atoms with Gasteiger partial charge in [-0.15, -0.1) is 0 Å². The highest BCUT2D eigenvalue weighted by Crippen LogP contribution is 2.46. The van der Waals surface area contributed by atoms with E-state index in [1.165, 1.54) is 59.6 Å². The van der Waals surface area contributed by atoms with E-state index < -0.39 is 0 Å². The van der Waals surface area contributed by atoms with Gasteiger partial charge in [-0.25, -0.2) is 9.97 Å². The summed E-state index contributed by atoms with van der Waals surface area (Å²) < 4.78 is 4.68. The van der Waals surface area contributed by atoms with Crippen molar-refractivity contribution >= 4 is 81.7 Å². The summed E-state index contributed by atoms with van der Waals surface area (Å²) in [6.45, 7) is 0. The predicted octanol–water partition coefficient (Wildman–Crippen LogP) is 8.43. The minimum atomic E-state index is 0.629. The van der Waals surface area contributed by atoms with Gasteiger partial charge in [-0.3, -0.25) is 4.57 Å². The van der Waals surface area contributed by atoms with Gasteiger partial charge < -0.3 is 4.40 Å². The SMILES string of the molecule is c1ccc2cc3c(cc2c1)c1cc2c4ccccc4n4c5ccccc5c(c1n3-c1ncc3cccnc3n1)c24. The van der Waals surface area contributed by atoms with E-state index in [2.05, 4.69) is 105 Å². The second-order valence-corrected chi connectivity index (χ2v) is 10.6. The first-order valence-electron chi connectivity index (χ1n) is 13.5. The summed E-state index contributed by atoms with van der Waals surface area (Å²) in [5.74, 6) is 0.629. The molecule has 0 saturated carbocycles. The molecule has 0 aliphatic rings. The fourth-order valence-corrected chi connectivity index (χ4v) is 6.86. The highest BCUT2D eigenvalue weighted by molar-refractivity contribution is 6.34. The molecule has 0 radical (unpaired) electrons. The van der Waals surface area contributed by atoms with Crippen molar-refractivity contribution in [1.29, 1.82) is 0 Å². The molecule has 5 heterocycles. The zero-order valence-corrected chi connectivity index (χ0v) is 21.2. The van der Waals surface area contributed by atoms with Crippen LogP contribution in [-0.4, -0.2) is 23.9 Å². The van der Waals surface area contributed by atoms with Gasteiger partial charge in [-0.2, -0.15) is 4.98 Å². The van der Waals surface area contributed by atoms with Gasteiger partial charge in [-0.1, -0.05) is 60.7 Å². The second kappa shape index (κ2) is 7.10. The number of benzene rings is 5. The Morgan fingerprint density at radius 1 is 0.500 bits per heavy atom. The van der Waals surface area contributed by atoms with Crippen molar-refractivity contribution in [2.75, 3.05) is 0 Å². The van der Waals surface area contributed by atoms with Crippen LogP contribution in [0.25, 0.3) is 87.7 Å². The van der Waals surface area contributed by atoms with Crippen molar-refractivity contribution in [2.45, 2.75) is 0 Å². The van der Waals surface area contributed by atoms with E-state index in [4.69, 9.17) is 9.97 Å². The third-order valence-corrected chi connectivity index (χ3v) is 8.51. The molecule has 0 amide bonds. The Bertz CT molecular complexity index is 2660. The normalized spacial score (nSPS) is 12.5. The fourth-order valence-electron chi connectivity index (χ4n) is 6.86. The van der Waals surface area contributed by atoms with E-state index in [9.17, 15) is 0 Å². The maximum atomic E-state index is 5.00. The molecule has 5 nitrogen and oxygen atoms in total. The Hall–Kier alpha value is -5.55. The molecule has 10 aromatic rings. The summed E-state index contributed by atoms with van der Waals surface area (Å²) in [7, 11) is 0. The summed E-state index contributed by atoms with van der Waals surface area (Å²) in [6, 6.07) is 36.9.